The number of rotatable bonds is 3. The Hall–Kier alpha value is -1.28. The van der Waals surface area contributed by atoms with Crippen LogP contribution in [0, 0.1) is 5.92 Å². The molecule has 1 heterocycles. The number of furan rings is 1. The van der Waals surface area contributed by atoms with Crippen LogP contribution in [0.15, 0.2) is 28.7 Å². The second-order valence-corrected chi connectivity index (χ2v) is 5.38. The zero-order valence-corrected chi connectivity index (χ0v) is 10.3. The topological polar surface area (TPSA) is 33.4 Å². The van der Waals surface area contributed by atoms with Crippen molar-refractivity contribution in [2.24, 2.45) is 5.92 Å². The maximum Gasteiger partial charge on any atom is 0.134 e. The van der Waals surface area contributed by atoms with Gasteiger partial charge in [0.05, 0.1) is 0 Å². The Kier molecular flexibility index (Phi) is 2.48. The molecule has 1 unspecified atom stereocenters. The SMILES string of the molecule is CC(C)c1ccc2oc(C(O)C3CC3)cc2c1. The lowest BCUT2D eigenvalue weighted by Gasteiger charge is -2.03. The Morgan fingerprint density at radius 1 is 1.24 bits per heavy atom. The van der Waals surface area contributed by atoms with E-state index in [-0.39, 0.29) is 0 Å². The molecule has 0 saturated heterocycles. The first-order chi connectivity index (χ1) is 8.15. The van der Waals surface area contributed by atoms with Crippen molar-refractivity contribution in [2.45, 2.75) is 38.7 Å². The Labute approximate surface area is 101 Å². The number of fused-ring (bicyclic) bond motifs is 1. The summed E-state index contributed by atoms with van der Waals surface area (Å²) in [6.07, 6.45) is 1.83. The van der Waals surface area contributed by atoms with Gasteiger partial charge < -0.3 is 9.52 Å². The van der Waals surface area contributed by atoms with E-state index in [1.165, 1.54) is 5.56 Å². The third-order valence-electron chi connectivity index (χ3n) is 3.59. The van der Waals surface area contributed by atoms with Crippen molar-refractivity contribution < 1.29 is 9.52 Å². The van der Waals surface area contributed by atoms with Crippen LogP contribution in [0.4, 0.5) is 0 Å². The summed E-state index contributed by atoms with van der Waals surface area (Å²) in [5, 5.41) is 11.1. The van der Waals surface area contributed by atoms with E-state index in [0.29, 0.717) is 11.8 Å². The summed E-state index contributed by atoms with van der Waals surface area (Å²) in [6, 6.07) is 8.26. The fourth-order valence-electron chi connectivity index (χ4n) is 2.23. The average molecular weight is 230 g/mol. The van der Waals surface area contributed by atoms with Crippen molar-refractivity contribution in [3.8, 4) is 0 Å². The molecule has 1 aliphatic carbocycles. The molecular formula is C15H18O2. The molecule has 1 saturated carbocycles. The van der Waals surface area contributed by atoms with Crippen molar-refractivity contribution >= 4 is 11.0 Å². The molecule has 1 N–H and O–H groups in total. The van der Waals surface area contributed by atoms with Crippen LogP contribution in [0.2, 0.25) is 0 Å². The number of benzene rings is 1. The molecule has 0 bridgehead atoms. The van der Waals surface area contributed by atoms with Gasteiger partial charge in [0.2, 0.25) is 0 Å². The normalized spacial score (nSPS) is 17.9. The highest BCUT2D eigenvalue weighted by atomic mass is 16.4. The first-order valence-electron chi connectivity index (χ1n) is 6.36. The van der Waals surface area contributed by atoms with Gasteiger partial charge in [0.1, 0.15) is 17.4 Å². The predicted molar refractivity (Wildman–Crippen MR) is 68.0 cm³/mol. The van der Waals surface area contributed by atoms with Crippen molar-refractivity contribution in [2.75, 3.05) is 0 Å². The predicted octanol–water partition coefficient (Wildman–Crippen LogP) is 4.00. The monoisotopic (exact) mass is 230 g/mol. The van der Waals surface area contributed by atoms with Crippen LogP contribution in [0.3, 0.4) is 0 Å². The number of aliphatic hydroxyl groups excluding tert-OH is 1. The van der Waals surface area contributed by atoms with Gasteiger partial charge in [-0.1, -0.05) is 19.9 Å². The molecule has 2 aromatic rings. The molecule has 3 rings (SSSR count). The van der Waals surface area contributed by atoms with E-state index in [4.69, 9.17) is 4.42 Å². The van der Waals surface area contributed by atoms with Crippen molar-refractivity contribution in [3.63, 3.8) is 0 Å². The summed E-state index contributed by atoms with van der Waals surface area (Å²) in [4.78, 5) is 0. The van der Waals surface area contributed by atoms with Crippen LogP contribution in [-0.2, 0) is 0 Å². The minimum atomic E-state index is -0.412. The maximum atomic E-state index is 10.0. The third-order valence-corrected chi connectivity index (χ3v) is 3.59. The molecule has 1 aliphatic rings. The molecule has 1 atom stereocenters. The molecule has 17 heavy (non-hydrogen) atoms. The standard InChI is InChI=1S/C15H18O2/c1-9(2)11-5-6-13-12(7-11)8-14(17-13)15(16)10-3-4-10/h5-10,15-16H,3-4H2,1-2H3. The lowest BCUT2D eigenvalue weighted by Crippen LogP contribution is -1.96. The highest BCUT2D eigenvalue weighted by Gasteiger charge is 2.32. The molecular weight excluding hydrogens is 212 g/mol. The van der Waals surface area contributed by atoms with Crippen LogP contribution < -0.4 is 0 Å². The highest BCUT2D eigenvalue weighted by molar-refractivity contribution is 5.79. The molecule has 1 aromatic heterocycles. The summed E-state index contributed by atoms with van der Waals surface area (Å²) in [5.41, 5.74) is 2.19. The molecule has 0 aliphatic heterocycles. The molecule has 0 spiro atoms. The lowest BCUT2D eigenvalue weighted by atomic mass is 10.0. The zero-order chi connectivity index (χ0) is 12.0. The number of aliphatic hydroxyl groups is 1. The fraction of sp³-hybridized carbons (Fsp3) is 0.467. The van der Waals surface area contributed by atoms with E-state index < -0.39 is 6.10 Å². The second kappa shape index (κ2) is 3.88. The summed E-state index contributed by atoms with van der Waals surface area (Å²) >= 11 is 0. The molecule has 1 fully saturated rings. The molecule has 0 amide bonds. The minimum absolute atomic E-state index is 0.412. The molecule has 0 radical (unpaired) electrons. The van der Waals surface area contributed by atoms with E-state index in [1.807, 2.05) is 12.1 Å². The van der Waals surface area contributed by atoms with Crippen LogP contribution in [0.25, 0.3) is 11.0 Å². The Balaban J connectivity index is 2.00. The molecule has 2 heteroatoms. The first-order valence-corrected chi connectivity index (χ1v) is 6.36. The van der Waals surface area contributed by atoms with Crippen LogP contribution in [-0.4, -0.2) is 5.11 Å². The van der Waals surface area contributed by atoms with Crippen LogP contribution in [0.1, 0.15) is 50.0 Å². The fourth-order valence-corrected chi connectivity index (χ4v) is 2.23. The minimum Gasteiger partial charge on any atom is -0.458 e. The van der Waals surface area contributed by atoms with Gasteiger partial charge in [-0.25, -0.2) is 0 Å². The van der Waals surface area contributed by atoms with Crippen molar-refractivity contribution in [3.05, 3.63) is 35.6 Å². The van der Waals surface area contributed by atoms with Crippen LogP contribution >= 0.6 is 0 Å². The quantitative estimate of drug-likeness (QED) is 0.864. The molecule has 1 aromatic carbocycles. The Morgan fingerprint density at radius 2 is 2.00 bits per heavy atom. The zero-order valence-electron chi connectivity index (χ0n) is 10.3. The van der Waals surface area contributed by atoms with E-state index in [9.17, 15) is 5.11 Å². The van der Waals surface area contributed by atoms with Gasteiger partial charge in [-0.05, 0) is 48.4 Å². The summed E-state index contributed by atoms with van der Waals surface area (Å²) in [6.45, 7) is 4.36. The van der Waals surface area contributed by atoms with Crippen molar-refractivity contribution in [1.29, 1.82) is 0 Å². The first kappa shape index (κ1) is 10.8. The summed E-state index contributed by atoms with van der Waals surface area (Å²) in [7, 11) is 0. The summed E-state index contributed by atoms with van der Waals surface area (Å²) < 4.78 is 5.72. The van der Waals surface area contributed by atoms with Gasteiger partial charge in [-0.15, -0.1) is 0 Å². The number of hydrogen-bond acceptors (Lipinski definition) is 2. The van der Waals surface area contributed by atoms with E-state index >= 15 is 0 Å². The molecule has 90 valence electrons. The molecule has 2 nitrogen and oxygen atoms in total. The Morgan fingerprint density at radius 3 is 2.65 bits per heavy atom. The van der Waals surface area contributed by atoms with E-state index in [0.717, 1.165) is 29.6 Å². The summed E-state index contributed by atoms with van der Waals surface area (Å²) in [5.74, 6) is 1.66. The van der Waals surface area contributed by atoms with Gasteiger partial charge in [-0.2, -0.15) is 0 Å². The van der Waals surface area contributed by atoms with Crippen molar-refractivity contribution in [1.82, 2.24) is 0 Å². The van der Waals surface area contributed by atoms with Crippen LogP contribution in [0.5, 0.6) is 0 Å². The third kappa shape index (κ3) is 1.98. The smallest absolute Gasteiger partial charge is 0.134 e. The number of hydrogen-bond donors (Lipinski definition) is 1. The Bertz CT molecular complexity index is 535. The highest BCUT2D eigenvalue weighted by Crippen LogP contribution is 2.42. The largest absolute Gasteiger partial charge is 0.458 e. The average Bonchev–Trinajstić information content (AvgIpc) is 3.06. The van der Waals surface area contributed by atoms with E-state index in [1.54, 1.807) is 0 Å². The van der Waals surface area contributed by atoms with Gasteiger partial charge in [-0.3, -0.25) is 0 Å². The van der Waals surface area contributed by atoms with E-state index in [2.05, 4.69) is 26.0 Å². The van der Waals surface area contributed by atoms with Gasteiger partial charge in [0, 0.05) is 5.39 Å². The van der Waals surface area contributed by atoms with Gasteiger partial charge >= 0.3 is 0 Å². The second-order valence-electron chi connectivity index (χ2n) is 5.38. The maximum absolute atomic E-state index is 10.0. The lowest BCUT2D eigenvalue weighted by molar-refractivity contribution is 0.129. The van der Waals surface area contributed by atoms with Gasteiger partial charge in [0.25, 0.3) is 0 Å². The van der Waals surface area contributed by atoms with Gasteiger partial charge in [0.15, 0.2) is 0 Å².